The molecule has 1 saturated carbocycles. The lowest BCUT2D eigenvalue weighted by atomic mass is 9.93. The van der Waals surface area contributed by atoms with Crippen LogP contribution in [0.4, 0.5) is 10.5 Å². The van der Waals surface area contributed by atoms with Gasteiger partial charge in [0.25, 0.3) is 0 Å². The molecule has 7 nitrogen and oxygen atoms in total. The number of pyridine rings is 1. The van der Waals surface area contributed by atoms with Crippen molar-refractivity contribution in [2.24, 2.45) is 5.92 Å². The Hall–Kier alpha value is -3.09. The largest absolute Gasteiger partial charge is 0.490 e. The molecule has 32 heavy (non-hydrogen) atoms. The van der Waals surface area contributed by atoms with Crippen molar-refractivity contribution in [3.05, 3.63) is 54.4 Å². The van der Waals surface area contributed by atoms with Gasteiger partial charge in [-0.25, -0.2) is 4.79 Å². The van der Waals surface area contributed by atoms with Crippen molar-refractivity contribution in [3.63, 3.8) is 0 Å². The number of carbonyl (C=O) groups excluding carboxylic acids is 2. The van der Waals surface area contributed by atoms with Crippen molar-refractivity contribution in [1.29, 1.82) is 0 Å². The molecule has 0 bridgehead atoms. The number of nitrogens with zero attached hydrogens (tertiary/aromatic N) is 3. The fourth-order valence-corrected chi connectivity index (χ4v) is 4.41. The molecule has 3 fully saturated rings. The number of ether oxygens (including phenoxy) is 1. The molecule has 3 heterocycles. The molecule has 0 radical (unpaired) electrons. The number of piperidine rings is 1. The number of hydrogen-bond acceptors (Lipinski definition) is 4. The summed E-state index contributed by atoms with van der Waals surface area (Å²) < 4.78 is 6.11. The van der Waals surface area contributed by atoms with E-state index in [1.807, 2.05) is 41.4 Å². The number of hydrogen-bond donors (Lipinski definition) is 1. The topological polar surface area (TPSA) is 74.8 Å². The molecule has 1 N–H and O–H groups in total. The van der Waals surface area contributed by atoms with E-state index in [4.69, 9.17) is 4.74 Å². The normalized spacial score (nSPS) is 19.4. The van der Waals surface area contributed by atoms with Crippen LogP contribution < -0.4 is 10.1 Å². The van der Waals surface area contributed by atoms with Gasteiger partial charge in [0.2, 0.25) is 5.91 Å². The average Bonchev–Trinajstić information content (AvgIpc) is 3.59. The summed E-state index contributed by atoms with van der Waals surface area (Å²) in [6.45, 7) is 2.97. The Bertz CT molecular complexity index is 931. The van der Waals surface area contributed by atoms with Crippen molar-refractivity contribution >= 4 is 17.6 Å². The molecule has 3 amide bonds. The summed E-state index contributed by atoms with van der Waals surface area (Å²) in [4.78, 5) is 32.7. The lowest BCUT2D eigenvalue weighted by molar-refractivity contribution is -0.133. The maximum Gasteiger partial charge on any atom is 0.321 e. The van der Waals surface area contributed by atoms with E-state index in [1.165, 1.54) is 18.4 Å². The molecular weight excluding hydrogens is 404 g/mol. The second kappa shape index (κ2) is 9.18. The Kier molecular flexibility index (Phi) is 5.97. The fraction of sp³-hybridized carbons (Fsp3) is 0.480. The van der Waals surface area contributed by atoms with Crippen LogP contribution in [0.3, 0.4) is 0 Å². The highest BCUT2D eigenvalue weighted by Gasteiger charge is 2.32. The zero-order valence-electron chi connectivity index (χ0n) is 18.3. The molecule has 3 aliphatic rings. The standard InChI is InChI=1S/C25H30N4O3/c30-24(14-18-3-4-18)28-12-9-23(10-13-28)32-22-7-5-21(6-8-22)27-25(31)29-16-20(17-29)19-2-1-11-26-15-19/h1-2,5-8,11,15,18,20,23H,3-4,9-10,12-14,16-17H2,(H,27,31). The van der Waals surface area contributed by atoms with E-state index in [-0.39, 0.29) is 12.1 Å². The Morgan fingerprint density at radius 3 is 2.41 bits per heavy atom. The van der Waals surface area contributed by atoms with Gasteiger partial charge in [0.15, 0.2) is 0 Å². The first kappa shape index (κ1) is 20.8. The average molecular weight is 435 g/mol. The monoisotopic (exact) mass is 434 g/mol. The summed E-state index contributed by atoms with van der Waals surface area (Å²) >= 11 is 0. The van der Waals surface area contributed by atoms with Crippen LogP contribution >= 0.6 is 0 Å². The number of rotatable bonds is 6. The van der Waals surface area contributed by atoms with Crippen LogP contribution in [0.2, 0.25) is 0 Å². The van der Waals surface area contributed by atoms with Crippen LogP contribution in [0.15, 0.2) is 48.8 Å². The van der Waals surface area contributed by atoms with Crippen molar-refractivity contribution in [2.75, 3.05) is 31.5 Å². The van der Waals surface area contributed by atoms with Gasteiger partial charge >= 0.3 is 6.03 Å². The third-order valence-electron chi connectivity index (χ3n) is 6.69. The number of nitrogens with one attached hydrogen (secondary N) is 1. The zero-order chi connectivity index (χ0) is 21.9. The molecule has 1 aromatic carbocycles. The number of likely N-dealkylation sites (tertiary alicyclic amines) is 2. The summed E-state index contributed by atoms with van der Waals surface area (Å²) in [5.41, 5.74) is 1.93. The predicted octanol–water partition coefficient (Wildman–Crippen LogP) is 3.88. The first-order valence-corrected chi connectivity index (χ1v) is 11.6. The summed E-state index contributed by atoms with van der Waals surface area (Å²) in [5.74, 6) is 2.10. The van der Waals surface area contributed by atoms with E-state index >= 15 is 0 Å². The van der Waals surface area contributed by atoms with Crippen LogP contribution in [0.5, 0.6) is 5.75 Å². The minimum absolute atomic E-state index is 0.0814. The second-order valence-electron chi connectivity index (χ2n) is 9.19. The molecule has 0 unspecified atom stereocenters. The smallest absolute Gasteiger partial charge is 0.321 e. The van der Waals surface area contributed by atoms with Crippen molar-refractivity contribution < 1.29 is 14.3 Å². The van der Waals surface area contributed by atoms with Gasteiger partial charge in [-0.05, 0) is 54.7 Å². The maximum atomic E-state index is 12.5. The molecule has 2 aliphatic heterocycles. The van der Waals surface area contributed by atoms with E-state index in [0.29, 0.717) is 30.8 Å². The number of amides is 3. The predicted molar refractivity (Wildman–Crippen MR) is 122 cm³/mol. The van der Waals surface area contributed by atoms with E-state index in [0.717, 1.165) is 43.8 Å². The minimum Gasteiger partial charge on any atom is -0.490 e. The van der Waals surface area contributed by atoms with Gasteiger partial charge in [-0.15, -0.1) is 0 Å². The Balaban J connectivity index is 1.04. The molecule has 1 aliphatic carbocycles. The molecule has 5 rings (SSSR count). The Morgan fingerprint density at radius 1 is 1.00 bits per heavy atom. The van der Waals surface area contributed by atoms with Gasteiger partial charge in [0, 0.05) is 69.4 Å². The molecule has 2 aromatic rings. The second-order valence-corrected chi connectivity index (χ2v) is 9.19. The zero-order valence-corrected chi connectivity index (χ0v) is 18.3. The van der Waals surface area contributed by atoms with Gasteiger partial charge in [0.1, 0.15) is 11.9 Å². The van der Waals surface area contributed by atoms with Crippen molar-refractivity contribution in [1.82, 2.24) is 14.8 Å². The lowest BCUT2D eigenvalue weighted by Crippen LogP contribution is -2.50. The summed E-state index contributed by atoms with van der Waals surface area (Å²) in [6.07, 6.45) is 8.64. The Labute approximate surface area is 188 Å². The number of aromatic nitrogens is 1. The number of benzene rings is 1. The van der Waals surface area contributed by atoms with Gasteiger partial charge in [0.05, 0.1) is 0 Å². The van der Waals surface area contributed by atoms with Gasteiger partial charge in [-0.3, -0.25) is 9.78 Å². The van der Waals surface area contributed by atoms with Crippen LogP contribution in [-0.4, -0.2) is 59.0 Å². The first-order chi connectivity index (χ1) is 15.6. The Morgan fingerprint density at radius 2 is 1.75 bits per heavy atom. The summed E-state index contributed by atoms with van der Waals surface area (Å²) in [6, 6.07) is 11.5. The molecular formula is C25H30N4O3. The number of carbonyl (C=O) groups is 2. The maximum absolute atomic E-state index is 12.5. The van der Waals surface area contributed by atoms with Gasteiger partial charge in [-0.2, -0.15) is 0 Å². The molecule has 0 atom stereocenters. The molecule has 7 heteroatoms. The van der Waals surface area contributed by atoms with Gasteiger partial charge < -0.3 is 19.9 Å². The van der Waals surface area contributed by atoms with Crippen LogP contribution in [-0.2, 0) is 4.79 Å². The van der Waals surface area contributed by atoms with E-state index in [2.05, 4.69) is 16.4 Å². The van der Waals surface area contributed by atoms with Crippen LogP contribution in [0.25, 0.3) is 0 Å². The van der Waals surface area contributed by atoms with Crippen LogP contribution in [0, 0.1) is 5.92 Å². The third kappa shape index (κ3) is 5.03. The molecule has 0 spiro atoms. The minimum atomic E-state index is -0.0814. The molecule has 2 saturated heterocycles. The summed E-state index contributed by atoms with van der Waals surface area (Å²) in [5, 5.41) is 2.96. The lowest BCUT2D eigenvalue weighted by Gasteiger charge is -2.39. The van der Waals surface area contributed by atoms with Gasteiger partial charge in [-0.1, -0.05) is 6.07 Å². The molecule has 1 aromatic heterocycles. The third-order valence-corrected chi connectivity index (χ3v) is 6.69. The SMILES string of the molecule is O=C(CC1CC1)N1CCC(Oc2ccc(NC(=O)N3CC(c4cccnc4)C3)cc2)CC1. The van der Waals surface area contributed by atoms with Crippen LogP contribution in [0.1, 0.15) is 43.6 Å². The van der Waals surface area contributed by atoms with Crippen molar-refractivity contribution in [2.45, 2.75) is 44.1 Å². The van der Waals surface area contributed by atoms with Crippen molar-refractivity contribution in [3.8, 4) is 5.75 Å². The quantitative estimate of drug-likeness (QED) is 0.749. The van der Waals surface area contributed by atoms with E-state index in [1.54, 1.807) is 11.1 Å². The highest BCUT2D eigenvalue weighted by atomic mass is 16.5. The van der Waals surface area contributed by atoms with E-state index < -0.39 is 0 Å². The fourth-order valence-electron chi connectivity index (χ4n) is 4.41. The highest BCUT2D eigenvalue weighted by Crippen LogP contribution is 2.33. The molecule has 168 valence electrons. The summed E-state index contributed by atoms with van der Waals surface area (Å²) in [7, 11) is 0. The van der Waals surface area contributed by atoms with E-state index in [9.17, 15) is 9.59 Å². The number of urea groups is 1. The first-order valence-electron chi connectivity index (χ1n) is 11.6. The number of anilines is 1. The highest BCUT2D eigenvalue weighted by molar-refractivity contribution is 5.90.